The van der Waals surface area contributed by atoms with Crippen molar-refractivity contribution in [3.05, 3.63) is 35.4 Å². The molecule has 0 bridgehead atoms. The number of nitrogens with two attached hydrogens (primary N) is 1. The minimum atomic E-state index is 0.535. The van der Waals surface area contributed by atoms with E-state index in [9.17, 15) is 0 Å². The van der Waals surface area contributed by atoms with Gasteiger partial charge in [-0.15, -0.1) is 0 Å². The van der Waals surface area contributed by atoms with Crippen molar-refractivity contribution in [2.75, 3.05) is 0 Å². The zero-order valence-corrected chi connectivity index (χ0v) is 9.02. The Kier molecular flexibility index (Phi) is 2.82. The fourth-order valence-corrected chi connectivity index (χ4v) is 2.50. The van der Waals surface area contributed by atoms with Crippen LogP contribution in [0.2, 0.25) is 0 Å². The van der Waals surface area contributed by atoms with E-state index >= 15 is 0 Å². The van der Waals surface area contributed by atoms with Gasteiger partial charge < -0.3 is 5.73 Å². The van der Waals surface area contributed by atoms with Gasteiger partial charge in [0.2, 0.25) is 0 Å². The van der Waals surface area contributed by atoms with Crippen LogP contribution < -0.4 is 5.73 Å². The van der Waals surface area contributed by atoms with Crippen molar-refractivity contribution in [1.82, 2.24) is 0 Å². The maximum absolute atomic E-state index is 5.71. The van der Waals surface area contributed by atoms with Crippen LogP contribution in [0.15, 0.2) is 24.3 Å². The van der Waals surface area contributed by atoms with E-state index < -0.39 is 0 Å². The Bertz CT molecular complexity index is 340. The summed E-state index contributed by atoms with van der Waals surface area (Å²) >= 11 is 5.06. The SMILES string of the molecule is NC(=S)c1ccccc1C1CCCC1. The molecule has 1 nitrogen and oxygen atoms in total. The molecule has 0 amide bonds. The van der Waals surface area contributed by atoms with Crippen LogP contribution in [0, 0.1) is 0 Å². The fraction of sp³-hybridized carbons (Fsp3) is 0.417. The molecule has 0 aliphatic heterocycles. The molecule has 2 rings (SSSR count). The lowest BCUT2D eigenvalue weighted by atomic mass is 9.93. The van der Waals surface area contributed by atoms with Crippen molar-refractivity contribution in [2.24, 2.45) is 5.73 Å². The standard InChI is InChI=1S/C12H15NS/c13-12(14)11-8-4-3-7-10(11)9-5-1-2-6-9/h3-4,7-9H,1-2,5-6H2,(H2,13,14). The van der Waals surface area contributed by atoms with E-state index in [0.29, 0.717) is 10.9 Å². The van der Waals surface area contributed by atoms with Crippen LogP contribution >= 0.6 is 12.2 Å². The molecule has 1 saturated carbocycles. The minimum absolute atomic E-state index is 0.535. The van der Waals surface area contributed by atoms with Gasteiger partial charge >= 0.3 is 0 Å². The summed E-state index contributed by atoms with van der Waals surface area (Å²) in [6.45, 7) is 0. The van der Waals surface area contributed by atoms with Gasteiger partial charge in [-0.25, -0.2) is 0 Å². The van der Waals surface area contributed by atoms with Gasteiger partial charge in [0.05, 0.1) is 0 Å². The first-order chi connectivity index (χ1) is 6.79. The molecular formula is C12H15NS. The summed E-state index contributed by atoms with van der Waals surface area (Å²) in [5.74, 6) is 0.688. The Morgan fingerprint density at radius 1 is 1.21 bits per heavy atom. The highest BCUT2D eigenvalue weighted by Crippen LogP contribution is 2.35. The van der Waals surface area contributed by atoms with E-state index in [0.717, 1.165) is 5.56 Å². The Labute approximate surface area is 90.3 Å². The third-order valence-electron chi connectivity index (χ3n) is 3.02. The van der Waals surface area contributed by atoms with Crippen LogP contribution in [0.1, 0.15) is 42.7 Å². The number of hydrogen-bond acceptors (Lipinski definition) is 1. The summed E-state index contributed by atoms with van der Waals surface area (Å²) in [5, 5.41) is 0. The summed E-state index contributed by atoms with van der Waals surface area (Å²) in [6.07, 6.45) is 5.27. The summed E-state index contributed by atoms with van der Waals surface area (Å²) < 4.78 is 0. The molecule has 1 aliphatic rings. The fourth-order valence-electron chi connectivity index (χ4n) is 2.31. The number of rotatable bonds is 2. The molecule has 0 radical (unpaired) electrons. The lowest BCUT2D eigenvalue weighted by Crippen LogP contribution is -2.13. The second-order valence-electron chi connectivity index (χ2n) is 3.93. The zero-order valence-electron chi connectivity index (χ0n) is 8.20. The quantitative estimate of drug-likeness (QED) is 0.751. The van der Waals surface area contributed by atoms with Crippen molar-refractivity contribution in [3.8, 4) is 0 Å². The highest BCUT2D eigenvalue weighted by molar-refractivity contribution is 7.80. The van der Waals surface area contributed by atoms with Crippen LogP contribution in [0.5, 0.6) is 0 Å². The van der Waals surface area contributed by atoms with Crippen LogP contribution in [0.3, 0.4) is 0 Å². The molecule has 2 heteroatoms. The zero-order chi connectivity index (χ0) is 9.97. The van der Waals surface area contributed by atoms with Gasteiger partial charge in [0.1, 0.15) is 4.99 Å². The largest absolute Gasteiger partial charge is 0.389 e. The number of thiocarbonyl (C=S) groups is 1. The summed E-state index contributed by atoms with van der Waals surface area (Å²) in [5.41, 5.74) is 8.15. The van der Waals surface area contributed by atoms with Crippen molar-refractivity contribution >= 4 is 17.2 Å². The Hall–Kier alpha value is -0.890. The van der Waals surface area contributed by atoms with Crippen LogP contribution in [-0.4, -0.2) is 4.99 Å². The minimum Gasteiger partial charge on any atom is -0.389 e. The third kappa shape index (κ3) is 1.80. The molecule has 2 N–H and O–H groups in total. The van der Waals surface area contributed by atoms with E-state index in [1.807, 2.05) is 12.1 Å². The van der Waals surface area contributed by atoms with Crippen molar-refractivity contribution in [2.45, 2.75) is 31.6 Å². The predicted octanol–water partition coefficient (Wildman–Crippen LogP) is 2.98. The maximum Gasteiger partial charge on any atom is 0.104 e. The molecule has 1 aliphatic carbocycles. The molecule has 0 unspecified atom stereocenters. The predicted molar refractivity (Wildman–Crippen MR) is 63.5 cm³/mol. The molecule has 14 heavy (non-hydrogen) atoms. The second-order valence-corrected chi connectivity index (χ2v) is 4.37. The highest BCUT2D eigenvalue weighted by Gasteiger charge is 2.19. The molecule has 1 aromatic carbocycles. The first-order valence-corrected chi connectivity index (χ1v) is 5.58. The lowest BCUT2D eigenvalue weighted by molar-refractivity contribution is 0.722. The molecule has 74 valence electrons. The van der Waals surface area contributed by atoms with Gasteiger partial charge in [-0.3, -0.25) is 0 Å². The van der Waals surface area contributed by atoms with Gasteiger partial charge in [-0.2, -0.15) is 0 Å². The van der Waals surface area contributed by atoms with Crippen molar-refractivity contribution < 1.29 is 0 Å². The first-order valence-electron chi connectivity index (χ1n) is 5.18. The van der Waals surface area contributed by atoms with Crippen LogP contribution in [0.4, 0.5) is 0 Å². The lowest BCUT2D eigenvalue weighted by Gasteiger charge is -2.13. The van der Waals surface area contributed by atoms with E-state index in [1.165, 1.54) is 31.2 Å². The number of benzene rings is 1. The molecule has 0 aromatic heterocycles. The van der Waals surface area contributed by atoms with Crippen LogP contribution in [0.25, 0.3) is 0 Å². The molecule has 1 fully saturated rings. The Morgan fingerprint density at radius 2 is 1.86 bits per heavy atom. The summed E-state index contributed by atoms with van der Waals surface area (Å²) in [7, 11) is 0. The monoisotopic (exact) mass is 205 g/mol. The maximum atomic E-state index is 5.71. The first kappa shape index (κ1) is 9.66. The molecule has 0 spiro atoms. The molecule has 0 heterocycles. The van der Waals surface area contributed by atoms with Gasteiger partial charge in [-0.1, -0.05) is 49.3 Å². The van der Waals surface area contributed by atoms with Gasteiger partial charge in [-0.05, 0) is 24.3 Å². The van der Waals surface area contributed by atoms with Gasteiger partial charge in [0, 0.05) is 5.56 Å². The summed E-state index contributed by atoms with van der Waals surface area (Å²) in [4.78, 5) is 0.535. The van der Waals surface area contributed by atoms with E-state index in [4.69, 9.17) is 18.0 Å². The van der Waals surface area contributed by atoms with E-state index in [-0.39, 0.29) is 0 Å². The van der Waals surface area contributed by atoms with Gasteiger partial charge in [0.25, 0.3) is 0 Å². The topological polar surface area (TPSA) is 26.0 Å². The average molecular weight is 205 g/mol. The van der Waals surface area contributed by atoms with E-state index in [2.05, 4.69) is 12.1 Å². The van der Waals surface area contributed by atoms with Gasteiger partial charge in [0.15, 0.2) is 0 Å². The Balaban J connectivity index is 2.35. The molecule has 0 saturated heterocycles. The second kappa shape index (κ2) is 4.09. The summed E-state index contributed by atoms with van der Waals surface area (Å²) in [6, 6.07) is 8.29. The van der Waals surface area contributed by atoms with Crippen molar-refractivity contribution in [1.29, 1.82) is 0 Å². The van der Waals surface area contributed by atoms with Crippen molar-refractivity contribution in [3.63, 3.8) is 0 Å². The third-order valence-corrected chi connectivity index (χ3v) is 3.24. The normalized spacial score (nSPS) is 17.1. The Morgan fingerprint density at radius 3 is 2.50 bits per heavy atom. The molecule has 0 atom stereocenters. The average Bonchev–Trinajstić information content (AvgIpc) is 2.70. The number of hydrogen-bond donors (Lipinski definition) is 1. The van der Waals surface area contributed by atoms with Crippen LogP contribution in [-0.2, 0) is 0 Å². The smallest absolute Gasteiger partial charge is 0.104 e. The molecule has 1 aromatic rings. The molecular weight excluding hydrogens is 190 g/mol. The highest BCUT2D eigenvalue weighted by atomic mass is 32.1. The van der Waals surface area contributed by atoms with E-state index in [1.54, 1.807) is 0 Å².